The number of halogens is 3. The summed E-state index contributed by atoms with van der Waals surface area (Å²) < 4.78 is 31.2. The summed E-state index contributed by atoms with van der Waals surface area (Å²) in [6, 6.07) is 2.97. The fraction of sp³-hybridized carbons (Fsp3) is 0.417. The van der Waals surface area contributed by atoms with Gasteiger partial charge in [-0.3, -0.25) is 4.79 Å². The number of carbonyl (C=O) groups is 1. The molecule has 0 spiro atoms. The first-order valence-electron chi connectivity index (χ1n) is 5.71. The number of amides is 1. The molecule has 2 rings (SSSR count). The minimum atomic E-state index is -0.781. The maximum absolute atomic E-state index is 13.3. The van der Waals surface area contributed by atoms with E-state index in [0.29, 0.717) is 19.8 Å². The summed E-state index contributed by atoms with van der Waals surface area (Å²) in [5, 5.41) is 5.53. The molecule has 7 heteroatoms. The summed E-state index contributed by atoms with van der Waals surface area (Å²) in [4.78, 5) is 11.7. The van der Waals surface area contributed by atoms with Crippen LogP contribution in [0.5, 0.6) is 0 Å². The van der Waals surface area contributed by atoms with Crippen LogP contribution in [0.1, 0.15) is 6.42 Å². The Morgan fingerprint density at radius 1 is 1.47 bits per heavy atom. The van der Waals surface area contributed by atoms with Crippen LogP contribution in [-0.2, 0) is 9.53 Å². The number of ether oxygens (including phenoxy) is 1. The van der Waals surface area contributed by atoms with Crippen molar-refractivity contribution < 1.29 is 18.3 Å². The summed E-state index contributed by atoms with van der Waals surface area (Å²) in [5.74, 6) is -1.78. The monoisotopic (exact) mass is 292 g/mol. The fourth-order valence-corrected chi connectivity index (χ4v) is 1.77. The molecule has 0 saturated carbocycles. The molecule has 0 radical (unpaired) electrons. The van der Waals surface area contributed by atoms with Gasteiger partial charge in [0.1, 0.15) is 11.6 Å². The molecule has 2 N–H and O–H groups in total. The van der Waals surface area contributed by atoms with Crippen LogP contribution >= 0.6 is 12.4 Å². The molecular formula is C12H15ClF2N2O2. The third-order valence-electron chi connectivity index (χ3n) is 2.64. The van der Waals surface area contributed by atoms with Crippen LogP contribution in [0.15, 0.2) is 18.2 Å². The van der Waals surface area contributed by atoms with Crippen molar-refractivity contribution in [3.8, 4) is 0 Å². The molecule has 1 fully saturated rings. The highest BCUT2D eigenvalue weighted by atomic mass is 35.5. The lowest BCUT2D eigenvalue weighted by molar-refractivity contribution is -0.117. The van der Waals surface area contributed by atoms with E-state index in [9.17, 15) is 13.6 Å². The van der Waals surface area contributed by atoms with Gasteiger partial charge < -0.3 is 15.4 Å². The van der Waals surface area contributed by atoms with Crippen LogP contribution in [0.25, 0.3) is 0 Å². The van der Waals surface area contributed by atoms with Crippen LogP contribution in [-0.4, -0.2) is 31.7 Å². The van der Waals surface area contributed by atoms with Gasteiger partial charge >= 0.3 is 0 Å². The molecule has 1 aliphatic heterocycles. The standard InChI is InChI=1S/C12H14F2N2O2.ClH/c13-8-1-2-11(10(14)5-8)16-12(17)6-9-7-18-4-3-15-9;/h1-2,5,9,15H,3-4,6-7H2,(H,16,17);1H. The zero-order valence-corrected chi connectivity index (χ0v) is 10.9. The van der Waals surface area contributed by atoms with Crippen molar-refractivity contribution >= 4 is 24.0 Å². The SMILES string of the molecule is Cl.O=C(CC1COCCN1)Nc1ccc(F)cc1F. The van der Waals surface area contributed by atoms with Crippen molar-refractivity contribution in [2.45, 2.75) is 12.5 Å². The maximum atomic E-state index is 13.3. The molecule has 1 aliphatic rings. The highest BCUT2D eigenvalue weighted by Crippen LogP contribution is 2.15. The molecule has 0 bridgehead atoms. The topological polar surface area (TPSA) is 50.4 Å². The molecule has 19 heavy (non-hydrogen) atoms. The van der Waals surface area contributed by atoms with Crippen LogP contribution in [0.4, 0.5) is 14.5 Å². The van der Waals surface area contributed by atoms with Gasteiger partial charge in [-0.15, -0.1) is 12.4 Å². The average molecular weight is 293 g/mol. The van der Waals surface area contributed by atoms with E-state index in [0.717, 1.165) is 12.1 Å². The first-order valence-corrected chi connectivity index (χ1v) is 5.71. The Morgan fingerprint density at radius 3 is 2.89 bits per heavy atom. The Balaban J connectivity index is 0.00000180. The third-order valence-corrected chi connectivity index (χ3v) is 2.64. The van der Waals surface area contributed by atoms with Crippen molar-refractivity contribution in [1.29, 1.82) is 0 Å². The number of hydrogen-bond donors (Lipinski definition) is 2. The van der Waals surface area contributed by atoms with Gasteiger partial charge in [-0.05, 0) is 12.1 Å². The Morgan fingerprint density at radius 2 is 2.26 bits per heavy atom. The van der Waals surface area contributed by atoms with Crippen LogP contribution < -0.4 is 10.6 Å². The molecule has 106 valence electrons. The third kappa shape index (κ3) is 4.74. The lowest BCUT2D eigenvalue weighted by Crippen LogP contribution is -2.43. The largest absolute Gasteiger partial charge is 0.378 e. The van der Waals surface area contributed by atoms with Crippen molar-refractivity contribution in [1.82, 2.24) is 5.32 Å². The van der Waals surface area contributed by atoms with Crippen molar-refractivity contribution in [2.24, 2.45) is 0 Å². The van der Waals surface area contributed by atoms with Gasteiger partial charge in [-0.1, -0.05) is 0 Å². The zero-order chi connectivity index (χ0) is 13.0. The second kappa shape index (κ2) is 7.37. The van der Waals surface area contributed by atoms with Gasteiger partial charge in [0.25, 0.3) is 0 Å². The first-order chi connectivity index (χ1) is 8.65. The van der Waals surface area contributed by atoms with E-state index in [4.69, 9.17) is 4.74 Å². The number of carbonyl (C=O) groups excluding carboxylic acids is 1. The van der Waals surface area contributed by atoms with E-state index >= 15 is 0 Å². The summed E-state index contributed by atoms with van der Waals surface area (Å²) >= 11 is 0. The van der Waals surface area contributed by atoms with Crippen molar-refractivity contribution in [3.63, 3.8) is 0 Å². The Kier molecular flexibility index (Phi) is 6.14. The zero-order valence-electron chi connectivity index (χ0n) is 10.1. The number of hydrogen-bond acceptors (Lipinski definition) is 3. The van der Waals surface area contributed by atoms with E-state index in [1.54, 1.807) is 0 Å². The molecule has 1 saturated heterocycles. The predicted octanol–water partition coefficient (Wildman–Crippen LogP) is 1.70. The molecule has 1 aromatic carbocycles. The summed E-state index contributed by atoms with van der Waals surface area (Å²) in [5.41, 5.74) is -0.0156. The van der Waals surface area contributed by atoms with Gasteiger partial charge in [-0.25, -0.2) is 8.78 Å². The smallest absolute Gasteiger partial charge is 0.226 e. The van der Waals surface area contributed by atoms with Gasteiger partial charge in [-0.2, -0.15) is 0 Å². The molecule has 0 aliphatic carbocycles. The first kappa shape index (κ1) is 15.8. The molecule has 1 atom stereocenters. The average Bonchev–Trinajstić information content (AvgIpc) is 2.34. The normalized spacial score (nSPS) is 18.5. The number of rotatable bonds is 3. The van der Waals surface area contributed by atoms with E-state index in [2.05, 4.69) is 10.6 Å². The number of benzene rings is 1. The molecule has 4 nitrogen and oxygen atoms in total. The van der Waals surface area contributed by atoms with Gasteiger partial charge in [0.15, 0.2) is 0 Å². The number of morpholine rings is 1. The molecule has 1 heterocycles. The van der Waals surface area contributed by atoms with E-state index in [1.165, 1.54) is 6.07 Å². The number of nitrogens with one attached hydrogen (secondary N) is 2. The van der Waals surface area contributed by atoms with Crippen LogP contribution in [0.3, 0.4) is 0 Å². The van der Waals surface area contributed by atoms with E-state index < -0.39 is 11.6 Å². The van der Waals surface area contributed by atoms with E-state index in [-0.39, 0.29) is 36.5 Å². The summed E-state index contributed by atoms with van der Waals surface area (Å²) in [7, 11) is 0. The minimum absolute atomic E-state index is 0. The second-order valence-corrected chi connectivity index (χ2v) is 4.10. The lowest BCUT2D eigenvalue weighted by atomic mass is 10.2. The van der Waals surface area contributed by atoms with Gasteiger partial charge in [0.05, 0.1) is 18.9 Å². The molecule has 1 unspecified atom stereocenters. The van der Waals surface area contributed by atoms with Crippen molar-refractivity contribution in [2.75, 3.05) is 25.1 Å². The predicted molar refractivity (Wildman–Crippen MR) is 69.5 cm³/mol. The summed E-state index contributed by atoms with van der Waals surface area (Å²) in [6.07, 6.45) is 0.191. The molecule has 0 aromatic heterocycles. The second-order valence-electron chi connectivity index (χ2n) is 4.10. The van der Waals surface area contributed by atoms with Crippen molar-refractivity contribution in [3.05, 3.63) is 29.8 Å². The maximum Gasteiger partial charge on any atom is 0.226 e. The quantitative estimate of drug-likeness (QED) is 0.892. The van der Waals surface area contributed by atoms with Gasteiger partial charge in [0, 0.05) is 25.1 Å². The highest BCUT2D eigenvalue weighted by molar-refractivity contribution is 5.91. The number of anilines is 1. The molecule has 1 aromatic rings. The molecule has 1 amide bonds. The van der Waals surface area contributed by atoms with E-state index in [1.807, 2.05) is 0 Å². The van der Waals surface area contributed by atoms with Crippen LogP contribution in [0.2, 0.25) is 0 Å². The minimum Gasteiger partial charge on any atom is -0.378 e. The lowest BCUT2D eigenvalue weighted by Gasteiger charge is -2.23. The molecular weight excluding hydrogens is 278 g/mol. The Bertz CT molecular complexity index is 440. The van der Waals surface area contributed by atoms with Crippen LogP contribution in [0, 0.1) is 11.6 Å². The highest BCUT2D eigenvalue weighted by Gasteiger charge is 2.17. The Hall–Kier alpha value is -1.24. The fourth-order valence-electron chi connectivity index (χ4n) is 1.77. The Labute approximate surface area is 115 Å². The van der Waals surface area contributed by atoms with Gasteiger partial charge in [0.2, 0.25) is 5.91 Å². The summed E-state index contributed by atoms with van der Waals surface area (Å²) in [6.45, 7) is 1.78.